The molecule has 2 unspecified atom stereocenters. The van der Waals surface area contributed by atoms with Gasteiger partial charge in [0, 0.05) is 0 Å². The van der Waals surface area contributed by atoms with Crippen LogP contribution in [0.3, 0.4) is 0 Å². The standard InChI is InChI=1S/C9H14I2NO2/c1-9(4-2-3-5-9)14-8(13)6(10)7-11-12-7/h6-7,12H,2-5H2,1H3/q-1. The Labute approximate surface area is 108 Å². The summed E-state index contributed by atoms with van der Waals surface area (Å²) in [5.41, 5.74) is -0.159. The van der Waals surface area contributed by atoms with E-state index in [1.54, 1.807) is 0 Å². The predicted octanol–water partition coefficient (Wildman–Crippen LogP) is -1.40. The molecule has 2 fully saturated rings. The van der Waals surface area contributed by atoms with Crippen LogP contribution in [0.5, 0.6) is 0 Å². The summed E-state index contributed by atoms with van der Waals surface area (Å²) < 4.78 is 9.35. The van der Waals surface area contributed by atoms with Gasteiger partial charge in [-0.2, -0.15) is 0 Å². The Bertz CT molecular complexity index is 237. The number of ether oxygens (including phenoxy) is 1. The molecule has 0 bridgehead atoms. The molecule has 0 aromatic rings. The topological polar surface area (TPSA) is 48.2 Å². The fourth-order valence-electron chi connectivity index (χ4n) is 1.79. The van der Waals surface area contributed by atoms with Crippen molar-refractivity contribution in [2.75, 3.05) is 0 Å². The molecule has 14 heavy (non-hydrogen) atoms. The normalized spacial score (nSPS) is 31.7. The van der Waals surface area contributed by atoms with Crippen molar-refractivity contribution in [2.45, 2.75) is 46.2 Å². The van der Waals surface area contributed by atoms with Crippen LogP contribution >= 0.6 is 22.6 Å². The maximum atomic E-state index is 11.7. The van der Waals surface area contributed by atoms with Gasteiger partial charge in [0.15, 0.2) is 0 Å². The molecule has 1 aliphatic heterocycles. The molecule has 1 heterocycles. The van der Waals surface area contributed by atoms with E-state index in [4.69, 9.17) is 4.74 Å². The first-order valence-corrected chi connectivity index (χ1v) is 8.43. The fourth-order valence-corrected chi connectivity index (χ4v) is 4.87. The molecule has 0 amide bonds. The molecular weight excluding hydrogens is 408 g/mol. The molecule has 2 aliphatic rings. The number of hydrogen-bond acceptors (Lipinski definition) is 3. The third-order valence-corrected chi connectivity index (χ3v) is 7.39. The minimum absolute atomic E-state index is 0.00954. The van der Waals surface area contributed by atoms with Crippen LogP contribution in [0.15, 0.2) is 0 Å². The first kappa shape index (κ1) is 11.4. The Morgan fingerprint density at radius 2 is 2.21 bits per heavy atom. The van der Waals surface area contributed by atoms with Crippen LogP contribution in [0.1, 0.15) is 32.6 Å². The molecule has 5 heteroatoms. The van der Waals surface area contributed by atoms with Crippen molar-refractivity contribution in [3.05, 3.63) is 0 Å². The molecule has 0 aromatic heterocycles. The molecule has 2 rings (SSSR count). The van der Waals surface area contributed by atoms with Gasteiger partial charge < -0.3 is 0 Å². The van der Waals surface area contributed by atoms with Crippen LogP contribution < -0.4 is 25.0 Å². The Morgan fingerprint density at radius 1 is 1.64 bits per heavy atom. The summed E-state index contributed by atoms with van der Waals surface area (Å²) in [6.07, 6.45) is 4.47. The van der Waals surface area contributed by atoms with Gasteiger partial charge in [-0.25, -0.2) is 0 Å². The van der Waals surface area contributed by atoms with Gasteiger partial charge in [0.25, 0.3) is 0 Å². The van der Waals surface area contributed by atoms with Crippen LogP contribution in [0.2, 0.25) is 0 Å². The van der Waals surface area contributed by atoms with Gasteiger partial charge in [0.1, 0.15) is 0 Å². The Hall–Kier alpha value is 0.890. The first-order valence-electron chi connectivity index (χ1n) is 4.86. The van der Waals surface area contributed by atoms with Crippen molar-refractivity contribution in [1.29, 1.82) is 0 Å². The van der Waals surface area contributed by atoms with Gasteiger partial charge in [-0.15, -0.1) is 0 Å². The molecule has 1 aliphatic carbocycles. The van der Waals surface area contributed by atoms with Gasteiger partial charge in [-0.05, 0) is 0 Å². The monoisotopic (exact) mass is 422 g/mol. The van der Waals surface area contributed by atoms with Gasteiger partial charge in [0.2, 0.25) is 0 Å². The van der Waals surface area contributed by atoms with E-state index in [1.807, 2.05) is 0 Å². The van der Waals surface area contributed by atoms with Crippen LogP contribution in [0.25, 0.3) is 0 Å². The van der Waals surface area contributed by atoms with Crippen LogP contribution in [-0.2, 0) is 9.53 Å². The Kier molecular flexibility index (Phi) is 3.58. The summed E-state index contributed by atoms with van der Waals surface area (Å²) >= 11 is 2.31. The third kappa shape index (κ3) is 2.72. The van der Waals surface area contributed by atoms with Crippen molar-refractivity contribution < 1.29 is 31.0 Å². The van der Waals surface area contributed by atoms with E-state index in [0.717, 1.165) is 12.8 Å². The number of carbonyl (C=O) groups excluding carboxylic acids is 1. The van der Waals surface area contributed by atoms with Gasteiger partial charge >= 0.3 is 109 Å². The maximum absolute atomic E-state index is 11.7. The van der Waals surface area contributed by atoms with Gasteiger partial charge in [-0.3, -0.25) is 0 Å². The summed E-state index contributed by atoms with van der Waals surface area (Å²) in [6.45, 7) is 2.07. The fraction of sp³-hybridized carbons (Fsp3) is 0.889. The number of rotatable bonds is 3. The molecule has 1 N–H and O–H groups in total. The zero-order chi connectivity index (χ0) is 10.2. The van der Waals surface area contributed by atoms with Crippen molar-refractivity contribution in [1.82, 2.24) is 3.53 Å². The minimum atomic E-state index is -0.159. The second-order valence-electron chi connectivity index (χ2n) is 4.10. The SMILES string of the molecule is CC1(OC(=O)C(I)C2N[I-]2)CCCC1. The summed E-state index contributed by atoms with van der Waals surface area (Å²) in [6, 6.07) is 0. The molecule has 2 atom stereocenters. The van der Waals surface area contributed by atoms with Crippen LogP contribution in [0, 0.1) is 0 Å². The molecular formula is C9H14I2NO2-. The van der Waals surface area contributed by atoms with Crippen molar-refractivity contribution in [2.24, 2.45) is 0 Å². The summed E-state index contributed by atoms with van der Waals surface area (Å²) in [5.74, 6) is -0.00954. The number of halogens is 2. The number of carbonyl (C=O) groups is 1. The second kappa shape index (κ2) is 4.40. The zero-order valence-electron chi connectivity index (χ0n) is 8.06. The van der Waals surface area contributed by atoms with E-state index >= 15 is 0 Å². The van der Waals surface area contributed by atoms with Crippen LogP contribution in [-0.4, -0.2) is 19.5 Å². The van der Waals surface area contributed by atoms with E-state index < -0.39 is 0 Å². The third-order valence-electron chi connectivity index (χ3n) is 2.73. The first-order chi connectivity index (χ1) is 6.61. The van der Waals surface area contributed by atoms with Crippen molar-refractivity contribution in [3.8, 4) is 0 Å². The quantitative estimate of drug-likeness (QED) is 0.152. The van der Waals surface area contributed by atoms with E-state index in [1.165, 1.54) is 12.8 Å². The van der Waals surface area contributed by atoms with Gasteiger partial charge in [-0.1, -0.05) is 0 Å². The predicted molar refractivity (Wildman–Crippen MR) is 57.7 cm³/mol. The summed E-state index contributed by atoms with van der Waals surface area (Å²) in [7, 11) is 0. The van der Waals surface area contributed by atoms with Crippen LogP contribution in [0.4, 0.5) is 0 Å². The van der Waals surface area contributed by atoms with E-state index in [-0.39, 0.29) is 37.0 Å². The Morgan fingerprint density at radius 3 is 2.71 bits per heavy atom. The van der Waals surface area contributed by atoms with E-state index in [2.05, 4.69) is 33.0 Å². The van der Waals surface area contributed by atoms with Crippen molar-refractivity contribution >= 4 is 28.6 Å². The molecule has 0 radical (unpaired) electrons. The summed E-state index contributed by atoms with van der Waals surface area (Å²) in [4.78, 5) is 11.7. The van der Waals surface area contributed by atoms with E-state index in [0.29, 0.717) is 4.05 Å². The molecule has 1 saturated carbocycles. The average Bonchev–Trinajstić information content (AvgIpc) is 2.89. The average molecular weight is 422 g/mol. The summed E-state index contributed by atoms with van der Waals surface area (Å²) in [5, 5.41) is 0. The zero-order valence-corrected chi connectivity index (χ0v) is 12.4. The van der Waals surface area contributed by atoms with E-state index in [9.17, 15) is 4.79 Å². The van der Waals surface area contributed by atoms with Crippen molar-refractivity contribution in [3.63, 3.8) is 0 Å². The molecule has 1 saturated heterocycles. The molecule has 3 nitrogen and oxygen atoms in total. The Balaban J connectivity index is 1.86. The number of esters is 1. The molecule has 0 spiro atoms. The second-order valence-corrected chi connectivity index (χ2v) is 8.03. The number of hydrogen-bond donors (Lipinski definition) is 1. The molecule has 82 valence electrons. The molecule has 0 aromatic carbocycles. The number of nitrogens with one attached hydrogen (secondary N) is 1. The number of alkyl halides is 2. The van der Waals surface area contributed by atoms with Gasteiger partial charge in [0.05, 0.1) is 0 Å².